The molecule has 0 unspecified atom stereocenters. The van der Waals surface area contributed by atoms with Crippen molar-refractivity contribution in [2.75, 3.05) is 0 Å². The van der Waals surface area contributed by atoms with E-state index < -0.39 is 0 Å². The number of aromatic nitrogens is 4. The van der Waals surface area contributed by atoms with Gasteiger partial charge in [-0.1, -0.05) is 146 Å². The van der Waals surface area contributed by atoms with Gasteiger partial charge in [-0.2, -0.15) is 0 Å². The van der Waals surface area contributed by atoms with E-state index in [1.165, 1.54) is 0 Å². The smallest absolute Gasteiger partial charge is 0.187 e. The van der Waals surface area contributed by atoms with Crippen LogP contribution in [-0.4, -0.2) is 19.9 Å². The number of para-hydroxylation sites is 2. The molecule has 0 bridgehead atoms. The fourth-order valence-corrected chi connectivity index (χ4v) is 6.68. The second-order valence-electron chi connectivity index (χ2n) is 12.1. The first-order valence-corrected chi connectivity index (χ1v) is 16.6. The summed E-state index contributed by atoms with van der Waals surface area (Å²) in [7, 11) is 0. The Morgan fingerprint density at radius 2 is 0.922 bits per heavy atom. The molecule has 3 aromatic heterocycles. The monoisotopic (exact) mass is 653 g/mol. The number of pyridine rings is 1. The van der Waals surface area contributed by atoms with Crippen LogP contribution in [0.4, 0.5) is 5.69 Å². The average molecular weight is 654 g/mol. The van der Waals surface area contributed by atoms with E-state index in [0.717, 1.165) is 72.0 Å². The molecule has 3 heterocycles. The number of nitrogens with zero attached hydrogens (tertiary/aromatic N) is 5. The Bertz CT molecular complexity index is 2750. The zero-order valence-electron chi connectivity index (χ0n) is 27.2. The van der Waals surface area contributed by atoms with Crippen LogP contribution in [-0.2, 0) is 0 Å². The van der Waals surface area contributed by atoms with Crippen molar-refractivity contribution >= 4 is 27.6 Å². The Balaban J connectivity index is 1.24. The van der Waals surface area contributed by atoms with E-state index in [2.05, 4.69) is 82.6 Å². The summed E-state index contributed by atoms with van der Waals surface area (Å²) in [5.41, 5.74) is 10.8. The Morgan fingerprint density at radius 3 is 1.53 bits per heavy atom. The van der Waals surface area contributed by atoms with E-state index in [9.17, 15) is 0 Å². The second kappa shape index (κ2) is 12.7. The van der Waals surface area contributed by atoms with Crippen LogP contribution >= 0.6 is 0 Å². The Hall–Kier alpha value is -7.23. The number of rotatable bonds is 6. The number of benzene rings is 6. The van der Waals surface area contributed by atoms with Gasteiger partial charge in [0.15, 0.2) is 23.2 Å². The van der Waals surface area contributed by atoms with Gasteiger partial charge in [0, 0.05) is 56.5 Å². The van der Waals surface area contributed by atoms with Crippen LogP contribution in [0.25, 0.3) is 94.3 Å². The third kappa shape index (κ3) is 5.40. The maximum absolute atomic E-state index is 7.38. The summed E-state index contributed by atoms with van der Waals surface area (Å²) < 4.78 is 6.92. The lowest BCUT2D eigenvalue weighted by Crippen LogP contribution is -2.01. The van der Waals surface area contributed by atoms with Crippen molar-refractivity contribution in [1.29, 1.82) is 0 Å². The topological polar surface area (TPSA) is 69.1 Å². The predicted molar refractivity (Wildman–Crippen MR) is 204 cm³/mol. The molecule has 0 fully saturated rings. The summed E-state index contributed by atoms with van der Waals surface area (Å²) in [5, 5.41) is 2.07. The lowest BCUT2D eigenvalue weighted by Gasteiger charge is -2.12. The van der Waals surface area contributed by atoms with Crippen LogP contribution in [0.2, 0.25) is 0 Å². The minimum atomic E-state index is 0.532. The number of fused-ring (bicyclic) bond motifs is 3. The summed E-state index contributed by atoms with van der Waals surface area (Å²) >= 11 is 0. The van der Waals surface area contributed by atoms with Crippen molar-refractivity contribution in [3.8, 4) is 67.5 Å². The molecule has 0 radical (unpaired) electrons. The van der Waals surface area contributed by atoms with E-state index in [4.69, 9.17) is 25.9 Å². The minimum Gasteiger partial charge on any atom is -0.455 e. The van der Waals surface area contributed by atoms with Crippen molar-refractivity contribution in [3.63, 3.8) is 0 Å². The normalized spacial score (nSPS) is 11.1. The molecule has 0 amide bonds. The first-order valence-electron chi connectivity index (χ1n) is 16.6. The highest BCUT2D eigenvalue weighted by Gasteiger charge is 2.21. The molecule has 0 N–H and O–H groups in total. The zero-order chi connectivity index (χ0) is 34.1. The molecule has 51 heavy (non-hydrogen) atoms. The summed E-state index contributed by atoms with van der Waals surface area (Å²) in [4.78, 5) is 22.9. The Labute approximate surface area is 294 Å². The van der Waals surface area contributed by atoms with Crippen LogP contribution < -0.4 is 0 Å². The van der Waals surface area contributed by atoms with Gasteiger partial charge < -0.3 is 4.42 Å². The third-order valence-corrected chi connectivity index (χ3v) is 9.09. The number of hydrogen-bond donors (Lipinski definition) is 0. The molecule has 6 heteroatoms. The van der Waals surface area contributed by atoms with E-state index in [1.807, 2.05) is 72.9 Å². The quantitative estimate of drug-likeness (QED) is 0.167. The highest BCUT2D eigenvalue weighted by Crippen LogP contribution is 2.43. The van der Waals surface area contributed by atoms with Gasteiger partial charge in [0.2, 0.25) is 0 Å². The van der Waals surface area contributed by atoms with Gasteiger partial charge >= 0.3 is 0 Å². The molecule has 0 atom stereocenters. The lowest BCUT2D eigenvalue weighted by atomic mass is 9.94. The molecule has 0 aliphatic rings. The zero-order valence-corrected chi connectivity index (χ0v) is 27.2. The SMILES string of the molecule is [C-]#[N+]c1ccc(-c2nc(-c3ccccc3)nc(-c3ccccc3-c3cccc4c3oc3c(-c5ccccc5-c5cccnc5)cccc34)n2)cc1. The Morgan fingerprint density at radius 1 is 0.412 bits per heavy atom. The van der Waals surface area contributed by atoms with Gasteiger partial charge in [-0.15, -0.1) is 0 Å². The van der Waals surface area contributed by atoms with Gasteiger partial charge in [0.1, 0.15) is 11.2 Å². The third-order valence-electron chi connectivity index (χ3n) is 9.09. The lowest BCUT2D eigenvalue weighted by molar-refractivity contribution is 0.671. The van der Waals surface area contributed by atoms with Crippen LogP contribution in [0.5, 0.6) is 0 Å². The van der Waals surface area contributed by atoms with Crippen molar-refractivity contribution < 1.29 is 4.42 Å². The maximum atomic E-state index is 7.38. The van der Waals surface area contributed by atoms with E-state index in [0.29, 0.717) is 23.2 Å². The van der Waals surface area contributed by atoms with Gasteiger partial charge in [-0.25, -0.2) is 19.8 Å². The molecular weight excluding hydrogens is 627 g/mol. The molecule has 6 nitrogen and oxygen atoms in total. The molecule has 9 rings (SSSR count). The van der Waals surface area contributed by atoms with Crippen molar-refractivity contribution in [3.05, 3.63) is 175 Å². The van der Waals surface area contributed by atoms with Gasteiger partial charge in [0.25, 0.3) is 0 Å². The van der Waals surface area contributed by atoms with Crippen LogP contribution in [0.1, 0.15) is 0 Å². The number of furan rings is 1. The largest absolute Gasteiger partial charge is 0.455 e. The summed E-state index contributed by atoms with van der Waals surface area (Å²) in [5.74, 6) is 1.64. The first-order chi connectivity index (χ1) is 25.2. The molecule has 238 valence electrons. The van der Waals surface area contributed by atoms with Crippen LogP contribution in [0.3, 0.4) is 0 Å². The van der Waals surface area contributed by atoms with Crippen molar-refractivity contribution in [1.82, 2.24) is 19.9 Å². The summed E-state index contributed by atoms with van der Waals surface area (Å²) in [6, 6.07) is 50.4. The maximum Gasteiger partial charge on any atom is 0.187 e. The molecule has 6 aromatic carbocycles. The van der Waals surface area contributed by atoms with Crippen LogP contribution in [0.15, 0.2) is 168 Å². The summed E-state index contributed by atoms with van der Waals surface area (Å²) in [6.07, 6.45) is 3.69. The van der Waals surface area contributed by atoms with E-state index in [1.54, 1.807) is 18.3 Å². The van der Waals surface area contributed by atoms with E-state index >= 15 is 0 Å². The van der Waals surface area contributed by atoms with E-state index in [-0.39, 0.29) is 0 Å². The fraction of sp³-hybridized carbons (Fsp3) is 0. The van der Waals surface area contributed by atoms with Crippen molar-refractivity contribution in [2.45, 2.75) is 0 Å². The number of hydrogen-bond acceptors (Lipinski definition) is 5. The second-order valence-corrected chi connectivity index (χ2v) is 12.1. The molecular formula is C45H27N5O. The average Bonchev–Trinajstić information content (AvgIpc) is 3.61. The fourth-order valence-electron chi connectivity index (χ4n) is 6.68. The van der Waals surface area contributed by atoms with Gasteiger partial charge in [-0.3, -0.25) is 4.98 Å². The standard InChI is InChI=1S/C45H27N5O/c1-46-32-25-23-30(24-26-32)44-48-43(29-12-3-2-4-13-29)49-45(50-44)40-18-8-7-17-35(40)37-20-10-22-39-38-21-9-19-36(41(38)51-42(37)39)34-16-6-5-15-33(34)31-14-11-27-47-28-31/h2-28H. The summed E-state index contributed by atoms with van der Waals surface area (Å²) in [6.45, 7) is 7.38. The highest BCUT2D eigenvalue weighted by atomic mass is 16.3. The Kier molecular flexibility index (Phi) is 7.42. The minimum absolute atomic E-state index is 0.532. The molecule has 0 spiro atoms. The molecule has 0 aliphatic heterocycles. The molecule has 0 aliphatic carbocycles. The first kappa shape index (κ1) is 29.9. The molecule has 0 saturated carbocycles. The molecule has 0 saturated heterocycles. The van der Waals surface area contributed by atoms with Crippen molar-refractivity contribution in [2.24, 2.45) is 0 Å². The van der Waals surface area contributed by atoms with Crippen LogP contribution in [0, 0.1) is 6.57 Å². The predicted octanol–water partition coefficient (Wildman–Crippen LogP) is 11.7. The highest BCUT2D eigenvalue weighted by molar-refractivity contribution is 6.14. The van der Waals surface area contributed by atoms with Gasteiger partial charge in [-0.05, 0) is 22.8 Å². The molecule has 9 aromatic rings. The van der Waals surface area contributed by atoms with Gasteiger partial charge in [0.05, 0.1) is 6.57 Å².